The quantitative estimate of drug-likeness (QED) is 0.382. The molecule has 28 heavy (non-hydrogen) atoms. The summed E-state index contributed by atoms with van der Waals surface area (Å²) in [6.45, 7) is 0. The van der Waals surface area contributed by atoms with Gasteiger partial charge in [-0.2, -0.15) is 0 Å². The van der Waals surface area contributed by atoms with E-state index < -0.39 is 16.8 Å². The van der Waals surface area contributed by atoms with Crippen LogP contribution in [0.1, 0.15) is 20.9 Å². The third-order valence-corrected chi connectivity index (χ3v) is 3.41. The number of carbonyl (C=O) groups excluding carboxylic acids is 2. The maximum atomic E-state index is 12.0. The molecule has 0 aliphatic heterocycles. The first kappa shape index (κ1) is 18.5. The van der Waals surface area contributed by atoms with Gasteiger partial charge in [-0.15, -0.1) is 10.2 Å². The van der Waals surface area contributed by atoms with Crippen LogP contribution in [0.25, 0.3) is 0 Å². The number of rotatable bonds is 6. The van der Waals surface area contributed by atoms with Crippen LogP contribution < -0.4 is 5.48 Å². The van der Waals surface area contributed by atoms with Crippen LogP contribution in [0.15, 0.2) is 81.6 Å². The van der Waals surface area contributed by atoms with Gasteiger partial charge in [-0.3, -0.25) is 14.9 Å². The van der Waals surface area contributed by atoms with E-state index in [4.69, 9.17) is 9.25 Å². The van der Waals surface area contributed by atoms with Crippen molar-refractivity contribution in [3.05, 3.63) is 88.4 Å². The van der Waals surface area contributed by atoms with Gasteiger partial charge in [0.1, 0.15) is 0 Å². The molecular formula is C18H12N4O6. The number of azo groups is 1. The molecule has 0 unspecified atom stereocenters. The van der Waals surface area contributed by atoms with Gasteiger partial charge >= 0.3 is 11.9 Å². The number of non-ortho nitro benzene ring substituents is 1. The lowest BCUT2D eigenvalue weighted by Crippen LogP contribution is -2.10. The number of nitrogens with zero attached hydrogens (tertiary/aromatic N) is 3. The van der Waals surface area contributed by atoms with E-state index in [0.717, 1.165) is 6.07 Å². The Kier molecular flexibility index (Phi) is 5.51. The van der Waals surface area contributed by atoms with E-state index in [0.29, 0.717) is 11.4 Å². The molecule has 0 radical (unpaired) electrons. The highest BCUT2D eigenvalue weighted by atomic mass is 16.7. The molecule has 10 nitrogen and oxygen atoms in total. The second-order valence-electron chi connectivity index (χ2n) is 5.33. The number of nitro groups is 1. The second-order valence-corrected chi connectivity index (χ2v) is 5.33. The SMILES string of the molecule is O=C(ONc1ccc(N=NC(=O)c2ccco2)cc1)c1cccc([N+](=O)[O-])c1. The normalized spacial score (nSPS) is 10.6. The van der Waals surface area contributed by atoms with Gasteiger partial charge in [0, 0.05) is 12.1 Å². The van der Waals surface area contributed by atoms with Crippen molar-refractivity contribution < 1.29 is 23.8 Å². The molecule has 1 amide bonds. The molecule has 140 valence electrons. The van der Waals surface area contributed by atoms with Crippen molar-refractivity contribution in [1.82, 2.24) is 0 Å². The molecule has 0 saturated heterocycles. The Morgan fingerprint density at radius 1 is 1.07 bits per heavy atom. The van der Waals surface area contributed by atoms with Gasteiger partial charge in [0.15, 0.2) is 5.76 Å². The van der Waals surface area contributed by atoms with Gasteiger partial charge in [0.25, 0.3) is 5.69 Å². The molecule has 3 rings (SSSR count). The van der Waals surface area contributed by atoms with Crippen LogP contribution in [-0.4, -0.2) is 16.8 Å². The van der Waals surface area contributed by atoms with Crippen molar-refractivity contribution in [2.24, 2.45) is 10.2 Å². The van der Waals surface area contributed by atoms with Crippen molar-refractivity contribution in [3.63, 3.8) is 0 Å². The predicted octanol–water partition coefficient (Wildman–Crippen LogP) is 4.30. The van der Waals surface area contributed by atoms with Crippen LogP contribution in [0.2, 0.25) is 0 Å². The minimum Gasteiger partial charge on any atom is -0.459 e. The fourth-order valence-electron chi connectivity index (χ4n) is 2.06. The smallest absolute Gasteiger partial charge is 0.363 e. The largest absolute Gasteiger partial charge is 0.459 e. The molecule has 3 aromatic rings. The first-order valence-electron chi connectivity index (χ1n) is 7.84. The van der Waals surface area contributed by atoms with Crippen molar-refractivity contribution >= 4 is 28.9 Å². The van der Waals surface area contributed by atoms with E-state index in [1.165, 1.54) is 30.5 Å². The summed E-state index contributed by atoms with van der Waals surface area (Å²) in [6, 6.07) is 14.4. The average Bonchev–Trinajstić information content (AvgIpc) is 3.26. The van der Waals surface area contributed by atoms with Crippen LogP contribution in [0.3, 0.4) is 0 Å². The van der Waals surface area contributed by atoms with Crippen molar-refractivity contribution in [3.8, 4) is 0 Å². The molecule has 0 aliphatic carbocycles. The van der Waals surface area contributed by atoms with Gasteiger partial charge in [0.2, 0.25) is 0 Å². The topological polar surface area (TPSA) is 136 Å². The molecule has 0 spiro atoms. The van der Waals surface area contributed by atoms with E-state index in [1.54, 1.807) is 30.3 Å². The summed E-state index contributed by atoms with van der Waals surface area (Å²) in [6.07, 6.45) is 1.36. The number of nitro benzene ring substituents is 1. The third kappa shape index (κ3) is 4.64. The lowest BCUT2D eigenvalue weighted by atomic mass is 10.2. The van der Waals surface area contributed by atoms with E-state index in [2.05, 4.69) is 15.7 Å². The van der Waals surface area contributed by atoms with Crippen molar-refractivity contribution in [2.45, 2.75) is 0 Å². The zero-order valence-electron chi connectivity index (χ0n) is 14.1. The number of nitrogens with one attached hydrogen (secondary N) is 1. The Balaban J connectivity index is 1.57. The molecule has 0 atom stereocenters. The molecule has 0 bridgehead atoms. The van der Waals surface area contributed by atoms with E-state index in [-0.39, 0.29) is 17.0 Å². The summed E-state index contributed by atoms with van der Waals surface area (Å²) in [7, 11) is 0. The Morgan fingerprint density at radius 2 is 1.86 bits per heavy atom. The Hall–Kier alpha value is -4.34. The van der Waals surface area contributed by atoms with Crippen LogP contribution in [0, 0.1) is 10.1 Å². The number of benzene rings is 2. The maximum absolute atomic E-state index is 12.0. The number of hydrogen-bond acceptors (Lipinski definition) is 8. The molecule has 1 N–H and O–H groups in total. The first-order chi connectivity index (χ1) is 13.5. The minimum absolute atomic E-state index is 0.0311. The van der Waals surface area contributed by atoms with Crippen LogP contribution in [-0.2, 0) is 4.84 Å². The summed E-state index contributed by atoms with van der Waals surface area (Å²) < 4.78 is 4.92. The zero-order valence-corrected chi connectivity index (χ0v) is 14.1. The fraction of sp³-hybridized carbons (Fsp3) is 0. The molecule has 1 aromatic heterocycles. The highest BCUT2D eigenvalue weighted by Crippen LogP contribution is 2.18. The predicted molar refractivity (Wildman–Crippen MR) is 96.1 cm³/mol. The lowest BCUT2D eigenvalue weighted by molar-refractivity contribution is -0.384. The lowest BCUT2D eigenvalue weighted by Gasteiger charge is -2.06. The fourth-order valence-corrected chi connectivity index (χ4v) is 2.06. The number of amides is 1. The zero-order chi connectivity index (χ0) is 19.9. The van der Waals surface area contributed by atoms with E-state index >= 15 is 0 Å². The van der Waals surface area contributed by atoms with Crippen molar-refractivity contribution in [2.75, 3.05) is 5.48 Å². The van der Waals surface area contributed by atoms with Gasteiger partial charge < -0.3 is 9.25 Å². The molecule has 2 aromatic carbocycles. The van der Waals surface area contributed by atoms with E-state index in [9.17, 15) is 19.7 Å². The van der Waals surface area contributed by atoms with Crippen LogP contribution in [0.4, 0.5) is 17.1 Å². The Bertz CT molecular complexity index is 1030. The Labute approximate surface area is 157 Å². The van der Waals surface area contributed by atoms with Gasteiger partial charge in [0.05, 0.1) is 28.1 Å². The maximum Gasteiger partial charge on any atom is 0.363 e. The summed E-state index contributed by atoms with van der Waals surface area (Å²) in [5.41, 5.74) is 3.07. The molecule has 0 fully saturated rings. The number of anilines is 1. The molecule has 1 heterocycles. The summed E-state index contributed by atoms with van der Waals surface area (Å²) in [4.78, 5) is 38.7. The monoisotopic (exact) mass is 380 g/mol. The summed E-state index contributed by atoms with van der Waals surface area (Å²) in [5.74, 6) is -1.32. The van der Waals surface area contributed by atoms with Gasteiger partial charge in [-0.05, 0) is 42.5 Å². The second kappa shape index (κ2) is 8.36. The van der Waals surface area contributed by atoms with E-state index in [1.807, 2.05) is 0 Å². The first-order valence-corrected chi connectivity index (χ1v) is 7.84. The number of hydrogen-bond donors (Lipinski definition) is 1. The molecule has 0 saturated carbocycles. The number of furan rings is 1. The standard InChI is InChI=1S/C18H12N4O6/c23-17(16-5-2-10-27-16)20-19-13-6-8-14(9-7-13)21-28-18(24)12-3-1-4-15(11-12)22(25)26/h1-11,21H. The van der Waals surface area contributed by atoms with Crippen LogP contribution >= 0.6 is 0 Å². The average molecular weight is 380 g/mol. The summed E-state index contributed by atoms with van der Waals surface area (Å²) in [5, 5.41) is 18.1. The van der Waals surface area contributed by atoms with Crippen molar-refractivity contribution in [1.29, 1.82) is 0 Å². The molecule has 0 aliphatic rings. The highest BCUT2D eigenvalue weighted by molar-refractivity contribution is 5.92. The third-order valence-electron chi connectivity index (χ3n) is 3.41. The summed E-state index contributed by atoms with van der Waals surface area (Å²) >= 11 is 0. The number of carbonyl (C=O) groups is 2. The molecule has 10 heteroatoms. The Morgan fingerprint density at radius 3 is 2.54 bits per heavy atom. The minimum atomic E-state index is -0.781. The molecular weight excluding hydrogens is 368 g/mol. The van der Waals surface area contributed by atoms with Gasteiger partial charge in [-0.25, -0.2) is 10.3 Å². The van der Waals surface area contributed by atoms with Gasteiger partial charge in [-0.1, -0.05) is 6.07 Å². The highest BCUT2D eigenvalue weighted by Gasteiger charge is 2.13. The van der Waals surface area contributed by atoms with Crippen LogP contribution in [0.5, 0.6) is 0 Å².